The van der Waals surface area contributed by atoms with Crippen molar-refractivity contribution in [2.45, 2.75) is 63.4 Å². The number of fused-ring (bicyclic) bond motifs is 2. The fourth-order valence-corrected chi connectivity index (χ4v) is 7.96. The number of aryl methyl sites for hydroxylation is 1. The Morgan fingerprint density at radius 1 is 1.11 bits per heavy atom. The molecule has 2 aromatic heterocycles. The molecule has 3 unspecified atom stereocenters. The average Bonchev–Trinajstić information content (AvgIpc) is 3.51. The molecule has 2 aromatic rings. The van der Waals surface area contributed by atoms with Crippen molar-refractivity contribution in [3.8, 4) is 0 Å². The molecule has 5 aliphatic rings. The summed E-state index contributed by atoms with van der Waals surface area (Å²) < 4.78 is 23.3. The molecule has 1 saturated carbocycles. The number of amides is 1. The number of nitrogens with zero attached hydrogens (tertiary/aromatic N) is 4. The Hall–Kier alpha value is -3.29. The third-order valence-corrected chi connectivity index (χ3v) is 10.7. The quantitative estimate of drug-likeness (QED) is 0.345. The maximum Gasteiger partial charge on any atom is 0.249 e. The average molecular weight is 597 g/mol. The Balaban J connectivity index is 1.09. The number of allylic oxidation sites excluding steroid dienone is 7. The lowest BCUT2D eigenvalue weighted by Crippen LogP contribution is -2.33. The number of carbonyl (C=O) groups excluding carboxylic acids is 1. The van der Waals surface area contributed by atoms with Crippen molar-refractivity contribution in [2.75, 3.05) is 39.8 Å². The topological polar surface area (TPSA) is 50.6 Å². The summed E-state index contributed by atoms with van der Waals surface area (Å²) >= 11 is 0. The van der Waals surface area contributed by atoms with E-state index in [2.05, 4.69) is 40.0 Å². The Labute approximate surface area is 260 Å². The fourth-order valence-electron chi connectivity index (χ4n) is 7.96. The smallest absolute Gasteiger partial charge is 0.249 e. The predicted octanol–water partition coefficient (Wildman–Crippen LogP) is 7.00. The second-order valence-electron chi connectivity index (χ2n) is 13.4. The molecule has 3 atom stereocenters. The van der Waals surface area contributed by atoms with Gasteiger partial charge in [0, 0.05) is 62.1 Å². The molecular weight excluding hydrogens is 551 g/mol. The zero-order valence-corrected chi connectivity index (χ0v) is 26.2. The van der Waals surface area contributed by atoms with Gasteiger partial charge >= 0.3 is 0 Å². The largest absolute Gasteiger partial charge is 0.373 e. The summed E-state index contributed by atoms with van der Waals surface area (Å²) in [5.41, 5.74) is 5.30. The normalized spacial score (nSPS) is 31.1. The number of pyridine rings is 1. The van der Waals surface area contributed by atoms with Crippen LogP contribution < -0.4 is 0 Å². The number of halogens is 1. The van der Waals surface area contributed by atoms with E-state index in [-0.39, 0.29) is 17.3 Å². The molecule has 3 aliphatic carbocycles. The van der Waals surface area contributed by atoms with Gasteiger partial charge in [-0.05, 0) is 118 Å². The minimum atomic E-state index is -0.302. The van der Waals surface area contributed by atoms with Crippen LogP contribution in [0.4, 0.5) is 4.39 Å². The van der Waals surface area contributed by atoms with E-state index in [1.54, 1.807) is 19.3 Å². The van der Waals surface area contributed by atoms with Crippen LogP contribution in [0.15, 0.2) is 66.3 Å². The summed E-state index contributed by atoms with van der Waals surface area (Å²) in [5, 5.41) is 1.03. The molecule has 3 fully saturated rings. The van der Waals surface area contributed by atoms with Crippen LogP contribution >= 0.6 is 0 Å². The molecule has 2 saturated heterocycles. The van der Waals surface area contributed by atoms with Crippen molar-refractivity contribution in [3.63, 3.8) is 0 Å². The Bertz CT molecular complexity index is 1590. The van der Waals surface area contributed by atoms with Crippen molar-refractivity contribution < 1.29 is 13.9 Å². The highest BCUT2D eigenvalue weighted by molar-refractivity contribution is 5.97. The minimum Gasteiger partial charge on any atom is -0.373 e. The van der Waals surface area contributed by atoms with Gasteiger partial charge in [-0.15, -0.1) is 0 Å². The highest BCUT2D eigenvalue weighted by atomic mass is 19.1. The van der Waals surface area contributed by atoms with Crippen LogP contribution in [-0.2, 0) is 16.6 Å². The van der Waals surface area contributed by atoms with Crippen molar-refractivity contribution in [1.82, 2.24) is 19.4 Å². The number of hydrogen-bond donors (Lipinski definition) is 0. The summed E-state index contributed by atoms with van der Waals surface area (Å²) in [5.74, 6) is 0.846. The van der Waals surface area contributed by atoms with Crippen LogP contribution in [0.1, 0.15) is 68.9 Å². The molecule has 2 aliphatic heterocycles. The summed E-state index contributed by atoms with van der Waals surface area (Å²) in [7, 11) is 3.80. The molecule has 1 amide bonds. The zero-order valence-electron chi connectivity index (χ0n) is 26.2. The fraction of sp³-hybridized carbons (Fsp3) is 0.514. The van der Waals surface area contributed by atoms with E-state index in [0.717, 1.165) is 60.1 Å². The van der Waals surface area contributed by atoms with E-state index < -0.39 is 0 Å². The maximum absolute atomic E-state index is 15.2. The van der Waals surface area contributed by atoms with Gasteiger partial charge in [0.1, 0.15) is 17.1 Å². The molecule has 0 radical (unpaired) electrons. The first-order valence-electron chi connectivity index (χ1n) is 16.6. The predicted molar refractivity (Wildman–Crippen MR) is 174 cm³/mol. The van der Waals surface area contributed by atoms with Crippen LogP contribution in [0.25, 0.3) is 22.2 Å². The SMILES string of the molecule is COC12CC1C=CC=C2c1cn(C)c2ncc(/C3=C/C(F)=C\C/C(C(=O)N4CCCC(CCN5CCCC5)CC4)=C\C3)cc12. The van der Waals surface area contributed by atoms with Gasteiger partial charge in [-0.25, -0.2) is 9.37 Å². The van der Waals surface area contributed by atoms with Crippen LogP contribution in [0, 0.1) is 11.8 Å². The van der Waals surface area contributed by atoms with Gasteiger partial charge in [0.15, 0.2) is 0 Å². The minimum absolute atomic E-state index is 0.0653. The number of rotatable bonds is 7. The third kappa shape index (κ3) is 5.65. The lowest BCUT2D eigenvalue weighted by molar-refractivity contribution is -0.127. The molecule has 7 rings (SSSR count). The first kappa shape index (κ1) is 29.4. The van der Waals surface area contributed by atoms with Gasteiger partial charge in [-0.3, -0.25) is 4.79 Å². The van der Waals surface area contributed by atoms with Gasteiger partial charge in [0.05, 0.1) is 0 Å². The molecular formula is C37H45FN4O2. The summed E-state index contributed by atoms with van der Waals surface area (Å²) in [6.45, 7) is 5.26. The monoisotopic (exact) mass is 596 g/mol. The summed E-state index contributed by atoms with van der Waals surface area (Å²) in [4.78, 5) is 23.2. The number of hydrogen-bond acceptors (Lipinski definition) is 4. The van der Waals surface area contributed by atoms with Crippen LogP contribution in [0.3, 0.4) is 0 Å². The van der Waals surface area contributed by atoms with Gasteiger partial charge in [0.2, 0.25) is 5.91 Å². The first-order chi connectivity index (χ1) is 21.4. The van der Waals surface area contributed by atoms with Crippen molar-refractivity contribution >= 4 is 28.1 Å². The van der Waals surface area contributed by atoms with E-state index in [1.807, 2.05) is 24.2 Å². The first-order valence-corrected chi connectivity index (χ1v) is 16.6. The highest BCUT2D eigenvalue weighted by Crippen LogP contribution is 2.58. The molecule has 232 valence electrons. The molecule has 7 heteroatoms. The standard InChI is InChI=1S/C37H45FN4O2/c1-40-25-33(34-9-5-8-30-23-37(30,34)44-2)32-22-29(24-39-35(32)40)28-11-10-27(12-13-31(38)21-28)36(43)42-18-6-7-26(15-20-42)14-19-41-16-3-4-17-41/h5,8-10,13,21-22,24-26,30H,3-4,6-7,11-12,14-20,23H2,1-2H3/b27-10+,28-21+,31-13+. The van der Waals surface area contributed by atoms with E-state index in [9.17, 15) is 4.79 Å². The zero-order chi connectivity index (χ0) is 30.3. The van der Waals surface area contributed by atoms with E-state index >= 15 is 4.39 Å². The number of ether oxygens (including phenoxy) is 1. The molecule has 0 N–H and O–H groups in total. The number of aromatic nitrogens is 2. The van der Waals surface area contributed by atoms with Gasteiger partial charge in [-0.1, -0.05) is 24.3 Å². The van der Waals surface area contributed by atoms with E-state index in [1.165, 1.54) is 50.9 Å². The van der Waals surface area contributed by atoms with Crippen LogP contribution in [0.2, 0.25) is 0 Å². The molecule has 4 heterocycles. The second-order valence-corrected chi connectivity index (χ2v) is 13.4. The van der Waals surface area contributed by atoms with Crippen molar-refractivity contribution in [3.05, 3.63) is 77.4 Å². The number of carbonyl (C=O) groups is 1. The number of likely N-dealkylation sites (tertiary alicyclic amines) is 2. The molecule has 44 heavy (non-hydrogen) atoms. The summed E-state index contributed by atoms with van der Waals surface area (Å²) in [6, 6.07) is 2.13. The van der Waals surface area contributed by atoms with Crippen molar-refractivity contribution in [1.29, 1.82) is 0 Å². The molecule has 0 aromatic carbocycles. The van der Waals surface area contributed by atoms with E-state index in [4.69, 9.17) is 9.72 Å². The van der Waals surface area contributed by atoms with Crippen molar-refractivity contribution in [2.24, 2.45) is 18.9 Å². The Morgan fingerprint density at radius 2 is 1.98 bits per heavy atom. The van der Waals surface area contributed by atoms with E-state index in [0.29, 0.717) is 30.3 Å². The lowest BCUT2D eigenvalue weighted by Gasteiger charge is -2.23. The van der Waals surface area contributed by atoms with Crippen LogP contribution in [0.5, 0.6) is 0 Å². The van der Waals surface area contributed by atoms with Crippen LogP contribution in [-0.4, -0.2) is 70.7 Å². The highest BCUT2D eigenvalue weighted by Gasteiger charge is 2.57. The van der Waals surface area contributed by atoms with Gasteiger partial charge in [-0.2, -0.15) is 0 Å². The Morgan fingerprint density at radius 3 is 2.82 bits per heavy atom. The molecule has 0 bridgehead atoms. The van der Waals surface area contributed by atoms with Gasteiger partial charge in [0.25, 0.3) is 0 Å². The molecule has 6 nitrogen and oxygen atoms in total. The maximum atomic E-state index is 15.2. The number of methoxy groups -OCH3 is 1. The summed E-state index contributed by atoms with van der Waals surface area (Å²) in [6.07, 6.45) is 24.6. The molecule has 0 spiro atoms. The van der Waals surface area contributed by atoms with Gasteiger partial charge < -0.3 is 19.1 Å². The third-order valence-electron chi connectivity index (χ3n) is 10.7. The Kier molecular flexibility index (Phi) is 8.19. The second kappa shape index (κ2) is 12.2. The lowest BCUT2D eigenvalue weighted by atomic mass is 9.92.